The third-order valence-electron chi connectivity index (χ3n) is 5.72. The van der Waals surface area contributed by atoms with E-state index in [2.05, 4.69) is 15.2 Å². The topological polar surface area (TPSA) is 84.0 Å². The van der Waals surface area contributed by atoms with E-state index in [0.29, 0.717) is 44.2 Å². The van der Waals surface area contributed by atoms with E-state index in [4.69, 9.17) is 9.47 Å². The molecule has 8 heteroatoms. The molecule has 8 nitrogen and oxygen atoms in total. The summed E-state index contributed by atoms with van der Waals surface area (Å²) in [6, 6.07) is 9.73. The SMILES string of the molecule is COc1ncccc1-c1ccc(OC2CCN(C)C2=O)c(CN2CCCNC(=O)C2)c1. The van der Waals surface area contributed by atoms with Crippen molar-refractivity contribution >= 4 is 11.8 Å². The molecule has 0 saturated carbocycles. The van der Waals surface area contributed by atoms with Gasteiger partial charge in [0.05, 0.1) is 13.7 Å². The molecule has 0 radical (unpaired) electrons. The molecule has 31 heavy (non-hydrogen) atoms. The summed E-state index contributed by atoms with van der Waals surface area (Å²) < 4.78 is 11.6. The van der Waals surface area contributed by atoms with Crippen molar-refractivity contribution in [3.8, 4) is 22.8 Å². The Morgan fingerprint density at radius 3 is 2.87 bits per heavy atom. The van der Waals surface area contributed by atoms with Gasteiger partial charge in [-0.1, -0.05) is 6.07 Å². The van der Waals surface area contributed by atoms with E-state index in [1.54, 1.807) is 25.3 Å². The Morgan fingerprint density at radius 2 is 2.10 bits per heavy atom. The molecule has 0 aliphatic carbocycles. The summed E-state index contributed by atoms with van der Waals surface area (Å²) >= 11 is 0. The zero-order valence-corrected chi connectivity index (χ0v) is 18.0. The highest BCUT2D eigenvalue weighted by atomic mass is 16.5. The fourth-order valence-electron chi connectivity index (χ4n) is 4.06. The first kappa shape index (κ1) is 21.1. The Balaban J connectivity index is 1.66. The number of benzene rings is 1. The number of ether oxygens (including phenoxy) is 2. The molecule has 2 aliphatic heterocycles. The van der Waals surface area contributed by atoms with Gasteiger partial charge in [-0.2, -0.15) is 0 Å². The third-order valence-corrected chi connectivity index (χ3v) is 5.72. The van der Waals surface area contributed by atoms with E-state index in [0.717, 1.165) is 29.7 Å². The number of carbonyl (C=O) groups excluding carboxylic acids is 2. The molecule has 164 valence electrons. The Morgan fingerprint density at radius 1 is 1.23 bits per heavy atom. The van der Waals surface area contributed by atoms with E-state index < -0.39 is 6.10 Å². The van der Waals surface area contributed by atoms with Crippen LogP contribution in [0.25, 0.3) is 11.1 Å². The predicted molar refractivity (Wildman–Crippen MR) is 116 cm³/mol. The molecule has 1 unspecified atom stereocenters. The number of pyridine rings is 1. The lowest BCUT2D eigenvalue weighted by Gasteiger charge is -2.22. The number of amides is 2. The largest absolute Gasteiger partial charge is 0.481 e. The lowest BCUT2D eigenvalue weighted by Crippen LogP contribution is -2.33. The number of methoxy groups -OCH3 is 1. The summed E-state index contributed by atoms with van der Waals surface area (Å²) in [7, 11) is 3.39. The standard InChI is InChI=1S/C23H28N4O4/c1-26-12-8-20(23(26)29)31-19-7-6-16(18-5-3-9-25-22(18)30-2)13-17(19)14-27-11-4-10-24-21(28)15-27/h3,5-7,9,13,20H,4,8,10-12,14-15H2,1-2H3,(H,24,28). The van der Waals surface area contributed by atoms with Crippen LogP contribution >= 0.6 is 0 Å². The minimum absolute atomic E-state index is 0.00175. The van der Waals surface area contributed by atoms with Crippen molar-refractivity contribution < 1.29 is 19.1 Å². The van der Waals surface area contributed by atoms with Gasteiger partial charge in [0.15, 0.2) is 6.10 Å². The number of carbonyl (C=O) groups is 2. The van der Waals surface area contributed by atoms with E-state index >= 15 is 0 Å². The highest BCUT2D eigenvalue weighted by Crippen LogP contribution is 2.33. The first-order valence-corrected chi connectivity index (χ1v) is 10.6. The number of nitrogens with zero attached hydrogens (tertiary/aromatic N) is 3. The zero-order chi connectivity index (χ0) is 21.8. The van der Waals surface area contributed by atoms with E-state index in [1.807, 2.05) is 30.3 Å². The Hall–Kier alpha value is -3.13. The van der Waals surface area contributed by atoms with Crippen molar-refractivity contribution in [1.29, 1.82) is 0 Å². The molecule has 0 bridgehead atoms. The van der Waals surface area contributed by atoms with Gasteiger partial charge in [0.2, 0.25) is 11.8 Å². The van der Waals surface area contributed by atoms with E-state index in [9.17, 15) is 9.59 Å². The number of hydrogen-bond donors (Lipinski definition) is 1. The number of hydrogen-bond acceptors (Lipinski definition) is 6. The molecule has 1 aromatic carbocycles. The maximum atomic E-state index is 12.4. The summed E-state index contributed by atoms with van der Waals surface area (Å²) in [4.78, 5) is 32.5. The Labute approximate surface area is 182 Å². The Kier molecular flexibility index (Phi) is 6.36. The van der Waals surface area contributed by atoms with Gasteiger partial charge in [-0.05, 0) is 36.2 Å². The van der Waals surface area contributed by atoms with Gasteiger partial charge in [-0.25, -0.2) is 4.98 Å². The van der Waals surface area contributed by atoms with Crippen molar-refractivity contribution in [3.05, 3.63) is 42.1 Å². The lowest BCUT2D eigenvalue weighted by molar-refractivity contribution is -0.132. The molecule has 1 atom stereocenters. The monoisotopic (exact) mass is 424 g/mol. The molecule has 4 rings (SSSR count). The highest BCUT2D eigenvalue weighted by molar-refractivity contribution is 5.83. The van der Waals surface area contributed by atoms with Crippen LogP contribution in [0.2, 0.25) is 0 Å². The van der Waals surface area contributed by atoms with Crippen LogP contribution in [0.1, 0.15) is 18.4 Å². The summed E-state index contributed by atoms with van der Waals surface area (Å²) in [5.74, 6) is 1.24. The molecule has 0 spiro atoms. The summed E-state index contributed by atoms with van der Waals surface area (Å²) in [5, 5.41) is 2.91. The molecule has 1 aromatic heterocycles. The molecule has 2 saturated heterocycles. The molecule has 1 N–H and O–H groups in total. The van der Waals surface area contributed by atoms with Gasteiger partial charge < -0.3 is 19.7 Å². The lowest BCUT2D eigenvalue weighted by atomic mass is 10.0. The maximum Gasteiger partial charge on any atom is 0.263 e. The molecular formula is C23H28N4O4. The molecule has 2 amide bonds. The van der Waals surface area contributed by atoms with Crippen LogP contribution < -0.4 is 14.8 Å². The van der Waals surface area contributed by atoms with Gasteiger partial charge in [0.1, 0.15) is 5.75 Å². The second-order valence-electron chi connectivity index (χ2n) is 7.95. The van der Waals surface area contributed by atoms with Gasteiger partial charge in [-0.15, -0.1) is 0 Å². The fraction of sp³-hybridized carbons (Fsp3) is 0.435. The van der Waals surface area contributed by atoms with Crippen LogP contribution in [0.15, 0.2) is 36.5 Å². The van der Waals surface area contributed by atoms with Crippen LogP contribution in [-0.4, -0.2) is 73.0 Å². The highest BCUT2D eigenvalue weighted by Gasteiger charge is 2.31. The second-order valence-corrected chi connectivity index (χ2v) is 7.95. The van der Waals surface area contributed by atoms with Gasteiger partial charge in [-0.3, -0.25) is 14.5 Å². The molecule has 2 aromatic rings. The van der Waals surface area contributed by atoms with Gasteiger partial charge >= 0.3 is 0 Å². The van der Waals surface area contributed by atoms with Gasteiger partial charge in [0.25, 0.3) is 5.91 Å². The Bertz CT molecular complexity index is 964. The summed E-state index contributed by atoms with van der Waals surface area (Å²) in [6.45, 7) is 3.08. The van der Waals surface area contributed by atoms with Crippen molar-refractivity contribution in [2.24, 2.45) is 0 Å². The van der Waals surface area contributed by atoms with Crippen LogP contribution in [0.3, 0.4) is 0 Å². The average molecular weight is 425 g/mol. The maximum absolute atomic E-state index is 12.4. The second kappa shape index (κ2) is 9.34. The van der Waals surface area contributed by atoms with Crippen molar-refractivity contribution in [1.82, 2.24) is 20.1 Å². The smallest absolute Gasteiger partial charge is 0.263 e. The molecule has 2 aliphatic rings. The minimum Gasteiger partial charge on any atom is -0.481 e. The summed E-state index contributed by atoms with van der Waals surface area (Å²) in [5.41, 5.74) is 2.75. The van der Waals surface area contributed by atoms with Crippen molar-refractivity contribution in [3.63, 3.8) is 0 Å². The third kappa shape index (κ3) is 4.80. The first-order valence-electron chi connectivity index (χ1n) is 10.6. The van der Waals surface area contributed by atoms with Crippen molar-refractivity contribution in [2.75, 3.05) is 40.3 Å². The van der Waals surface area contributed by atoms with Crippen LogP contribution in [0, 0.1) is 0 Å². The quantitative estimate of drug-likeness (QED) is 0.760. The number of likely N-dealkylation sites (tertiary alicyclic amines) is 1. The summed E-state index contributed by atoms with van der Waals surface area (Å²) in [6.07, 6.45) is 2.77. The van der Waals surface area contributed by atoms with Crippen LogP contribution in [-0.2, 0) is 16.1 Å². The normalized spacial score (nSPS) is 19.8. The number of rotatable bonds is 6. The molecule has 3 heterocycles. The van der Waals surface area contributed by atoms with Crippen molar-refractivity contribution in [2.45, 2.75) is 25.5 Å². The molecule has 2 fully saturated rings. The fourth-order valence-corrected chi connectivity index (χ4v) is 4.06. The van der Waals surface area contributed by atoms with Crippen LogP contribution in [0.4, 0.5) is 0 Å². The number of nitrogens with one attached hydrogen (secondary N) is 1. The van der Waals surface area contributed by atoms with E-state index in [1.165, 1.54) is 0 Å². The van der Waals surface area contributed by atoms with Gasteiger partial charge in [0, 0.05) is 57.0 Å². The molecular weight excluding hydrogens is 396 g/mol. The van der Waals surface area contributed by atoms with E-state index in [-0.39, 0.29) is 11.8 Å². The first-order chi connectivity index (χ1) is 15.0. The average Bonchev–Trinajstić information content (AvgIpc) is 2.96. The predicted octanol–water partition coefficient (Wildman–Crippen LogP) is 1.69. The number of likely N-dealkylation sites (N-methyl/N-ethyl adjacent to an activating group) is 1. The minimum atomic E-state index is -0.477. The number of aromatic nitrogens is 1. The zero-order valence-electron chi connectivity index (χ0n) is 18.0. The van der Waals surface area contributed by atoms with Crippen LogP contribution in [0.5, 0.6) is 11.6 Å².